The van der Waals surface area contributed by atoms with Gasteiger partial charge in [-0.3, -0.25) is 14.9 Å². The lowest BCUT2D eigenvalue weighted by atomic mass is 10.1. The predicted octanol–water partition coefficient (Wildman–Crippen LogP) is 2.22. The van der Waals surface area contributed by atoms with Crippen molar-refractivity contribution in [3.05, 3.63) is 74.9 Å². The third-order valence-corrected chi connectivity index (χ3v) is 4.40. The van der Waals surface area contributed by atoms with Gasteiger partial charge in [0.1, 0.15) is 5.69 Å². The average molecular weight is 454 g/mol. The third kappa shape index (κ3) is 4.13. The Hall–Kier alpha value is -4.65. The zero-order valence-electron chi connectivity index (χ0n) is 15.9. The van der Waals surface area contributed by atoms with Crippen LogP contribution in [-0.4, -0.2) is 42.4 Å². The number of hydrazone groups is 1. The first-order valence-electron chi connectivity index (χ1n) is 8.82. The van der Waals surface area contributed by atoms with Crippen LogP contribution in [0.5, 0.6) is 0 Å². The van der Waals surface area contributed by atoms with Crippen molar-refractivity contribution < 1.29 is 14.3 Å². The number of carbonyl (C=O) groups excluding carboxylic acids is 1. The normalized spacial score (nSPS) is 11.0. The molecule has 2 aromatic heterocycles. The average Bonchev–Trinajstić information content (AvgIpc) is 3.39. The zero-order chi connectivity index (χ0) is 22.7. The Balaban J connectivity index is 1.70. The Kier molecular flexibility index (Phi) is 5.55. The van der Waals surface area contributed by atoms with Gasteiger partial charge in [-0.2, -0.15) is 9.78 Å². The van der Waals surface area contributed by atoms with E-state index >= 15 is 0 Å². The molecule has 0 spiro atoms. The number of hydrogen-bond donors (Lipinski definition) is 2. The molecule has 32 heavy (non-hydrogen) atoms. The van der Waals surface area contributed by atoms with Gasteiger partial charge in [-0.25, -0.2) is 10.1 Å². The number of halogens is 1. The van der Waals surface area contributed by atoms with Crippen LogP contribution < -0.4 is 11.2 Å². The number of nitro groups is 1. The number of nitrogens with zero attached hydrogens (tertiary/aromatic N) is 7. The van der Waals surface area contributed by atoms with E-state index in [1.54, 1.807) is 24.3 Å². The Labute approximate surface area is 183 Å². The summed E-state index contributed by atoms with van der Waals surface area (Å²) in [6.45, 7) is 0. The van der Waals surface area contributed by atoms with Gasteiger partial charge in [0.05, 0.1) is 11.1 Å². The number of anilines is 1. The largest absolute Gasteiger partial charge is 0.378 e. The molecule has 0 saturated carbocycles. The Morgan fingerprint density at radius 1 is 1.25 bits per heavy atom. The third-order valence-electron chi connectivity index (χ3n) is 4.16. The van der Waals surface area contributed by atoms with E-state index in [4.69, 9.17) is 17.3 Å². The number of hydrogen-bond acceptors (Lipinski definition) is 10. The summed E-state index contributed by atoms with van der Waals surface area (Å²) in [5, 5.41) is 30.3. The molecule has 14 heteroatoms. The molecule has 0 unspecified atom stereocenters. The number of nitrogens with one attached hydrogen (secondary N) is 1. The van der Waals surface area contributed by atoms with Crippen LogP contribution in [-0.2, 0) is 0 Å². The molecular formula is C18H12ClN9O4. The molecule has 0 aliphatic carbocycles. The van der Waals surface area contributed by atoms with Crippen LogP contribution in [0.2, 0.25) is 5.02 Å². The van der Waals surface area contributed by atoms with E-state index in [1.807, 2.05) is 0 Å². The van der Waals surface area contributed by atoms with Gasteiger partial charge in [0, 0.05) is 22.7 Å². The highest BCUT2D eigenvalue weighted by Gasteiger charge is 2.25. The molecule has 2 aromatic carbocycles. The van der Waals surface area contributed by atoms with Crippen LogP contribution in [0.25, 0.3) is 17.1 Å². The molecule has 0 saturated heterocycles. The van der Waals surface area contributed by atoms with Crippen molar-refractivity contribution in [2.45, 2.75) is 0 Å². The maximum Gasteiger partial charge on any atom is 0.294 e. The first kappa shape index (κ1) is 20.6. The Bertz CT molecular complexity index is 1330. The highest BCUT2D eigenvalue weighted by Crippen LogP contribution is 2.28. The summed E-state index contributed by atoms with van der Waals surface area (Å²) in [4.78, 5) is 23.2. The molecule has 0 radical (unpaired) electrons. The molecule has 0 bridgehead atoms. The first-order chi connectivity index (χ1) is 15.4. The molecule has 13 nitrogen and oxygen atoms in total. The van der Waals surface area contributed by atoms with Crippen molar-refractivity contribution in [1.29, 1.82) is 0 Å². The number of nitrogen functional groups attached to an aromatic ring is 1. The van der Waals surface area contributed by atoms with E-state index in [0.717, 1.165) is 4.68 Å². The van der Waals surface area contributed by atoms with E-state index in [2.05, 4.69) is 35.8 Å². The molecule has 3 N–H and O–H groups in total. The van der Waals surface area contributed by atoms with E-state index < -0.39 is 10.8 Å². The topological polar surface area (TPSA) is 180 Å². The summed E-state index contributed by atoms with van der Waals surface area (Å²) in [7, 11) is 0. The van der Waals surface area contributed by atoms with Gasteiger partial charge in [0.2, 0.25) is 11.6 Å². The number of non-ortho nitro benzene ring substituents is 1. The number of amides is 1. The fourth-order valence-electron chi connectivity index (χ4n) is 2.73. The fourth-order valence-corrected chi connectivity index (χ4v) is 2.92. The Morgan fingerprint density at radius 3 is 2.69 bits per heavy atom. The molecule has 0 atom stereocenters. The van der Waals surface area contributed by atoms with E-state index in [1.165, 1.54) is 30.5 Å². The molecule has 4 aromatic rings. The van der Waals surface area contributed by atoms with Crippen molar-refractivity contribution >= 4 is 35.2 Å². The highest BCUT2D eigenvalue weighted by molar-refractivity contribution is 6.30. The summed E-state index contributed by atoms with van der Waals surface area (Å²) in [6.07, 6.45) is 1.40. The van der Waals surface area contributed by atoms with Gasteiger partial charge in [-0.15, -0.1) is 5.10 Å². The van der Waals surface area contributed by atoms with Crippen molar-refractivity contribution in [3.63, 3.8) is 0 Å². The lowest BCUT2D eigenvalue weighted by Crippen LogP contribution is -2.19. The van der Waals surface area contributed by atoms with Crippen molar-refractivity contribution in [2.75, 3.05) is 5.73 Å². The summed E-state index contributed by atoms with van der Waals surface area (Å²) in [5.74, 6) is -0.797. The van der Waals surface area contributed by atoms with Crippen LogP contribution >= 0.6 is 11.6 Å². The second kappa shape index (κ2) is 8.61. The molecule has 2 heterocycles. The fraction of sp³-hybridized carbons (Fsp3) is 0. The highest BCUT2D eigenvalue weighted by atomic mass is 35.5. The first-order valence-corrected chi connectivity index (χ1v) is 9.19. The quantitative estimate of drug-likeness (QED) is 0.251. The van der Waals surface area contributed by atoms with Gasteiger partial charge in [0.25, 0.3) is 11.6 Å². The summed E-state index contributed by atoms with van der Waals surface area (Å²) in [5.41, 5.74) is 9.03. The monoisotopic (exact) mass is 453 g/mol. The van der Waals surface area contributed by atoms with Crippen LogP contribution in [0.3, 0.4) is 0 Å². The summed E-state index contributed by atoms with van der Waals surface area (Å²) < 4.78 is 5.74. The SMILES string of the molecule is Nc1nonc1-n1nnc(C(=O)N/N=C/c2cccc(Cl)c2)c1-c1ccc([N+](=O)[O-])cc1. The van der Waals surface area contributed by atoms with Crippen LogP contribution in [0.15, 0.2) is 58.3 Å². The minimum Gasteiger partial charge on any atom is -0.378 e. The number of nitrogens with two attached hydrogens (primary N) is 1. The van der Waals surface area contributed by atoms with Gasteiger partial charge in [0.15, 0.2) is 5.69 Å². The van der Waals surface area contributed by atoms with Crippen molar-refractivity contribution in [1.82, 2.24) is 30.7 Å². The Morgan fingerprint density at radius 2 is 2.03 bits per heavy atom. The molecule has 0 aliphatic heterocycles. The summed E-state index contributed by atoms with van der Waals surface area (Å²) in [6, 6.07) is 12.3. The molecule has 1 amide bonds. The van der Waals surface area contributed by atoms with E-state index in [-0.39, 0.29) is 28.7 Å². The molecule has 0 fully saturated rings. The molecule has 0 aliphatic rings. The number of benzene rings is 2. The number of rotatable bonds is 6. The minimum absolute atomic E-state index is 0.00710. The maximum absolute atomic E-state index is 12.8. The lowest BCUT2D eigenvalue weighted by Gasteiger charge is -2.05. The van der Waals surface area contributed by atoms with Crippen LogP contribution in [0.1, 0.15) is 16.1 Å². The predicted molar refractivity (Wildman–Crippen MR) is 112 cm³/mol. The zero-order valence-corrected chi connectivity index (χ0v) is 16.7. The second-order valence-electron chi connectivity index (χ2n) is 6.23. The minimum atomic E-state index is -0.696. The molecule has 4 rings (SSSR count). The number of carbonyl (C=O) groups is 1. The molecule has 160 valence electrons. The van der Waals surface area contributed by atoms with E-state index in [9.17, 15) is 14.9 Å². The number of aromatic nitrogens is 5. The van der Waals surface area contributed by atoms with Gasteiger partial charge >= 0.3 is 0 Å². The van der Waals surface area contributed by atoms with Crippen LogP contribution in [0, 0.1) is 10.1 Å². The van der Waals surface area contributed by atoms with Gasteiger partial charge < -0.3 is 5.73 Å². The summed E-state index contributed by atoms with van der Waals surface area (Å²) >= 11 is 5.92. The standard InChI is InChI=1S/C18H12ClN9O4/c19-12-3-1-2-10(8-12)9-21-23-18(29)14-15(11-4-6-13(7-5-11)28(30)31)27(26-22-14)17-16(20)24-32-25-17/h1-9H,(H2,20,24)(H,23,29)/b21-9+. The van der Waals surface area contributed by atoms with E-state index in [0.29, 0.717) is 16.1 Å². The molecular weight excluding hydrogens is 442 g/mol. The lowest BCUT2D eigenvalue weighted by molar-refractivity contribution is -0.384. The maximum atomic E-state index is 12.8. The van der Waals surface area contributed by atoms with Crippen LogP contribution in [0.4, 0.5) is 11.5 Å². The number of nitro benzene ring substituents is 1. The van der Waals surface area contributed by atoms with Crippen molar-refractivity contribution in [3.8, 4) is 17.1 Å². The van der Waals surface area contributed by atoms with Gasteiger partial charge in [-0.1, -0.05) is 28.9 Å². The smallest absolute Gasteiger partial charge is 0.294 e. The second-order valence-corrected chi connectivity index (χ2v) is 6.67. The van der Waals surface area contributed by atoms with Gasteiger partial charge in [-0.05, 0) is 40.1 Å². The van der Waals surface area contributed by atoms with Crippen molar-refractivity contribution in [2.24, 2.45) is 5.10 Å².